The number of hydrogen-bond donors (Lipinski definition) is 2. The highest BCUT2D eigenvalue weighted by Crippen LogP contribution is 2.28. The monoisotopic (exact) mass is 312 g/mol. The summed E-state index contributed by atoms with van der Waals surface area (Å²) in [4.78, 5) is 14.0. The minimum absolute atomic E-state index is 0.559. The van der Waals surface area contributed by atoms with Crippen LogP contribution in [0.15, 0.2) is 42.7 Å². The van der Waals surface area contributed by atoms with E-state index in [1.807, 2.05) is 37.3 Å². The Morgan fingerprint density at radius 2 is 2.05 bits per heavy atom. The van der Waals surface area contributed by atoms with Crippen molar-refractivity contribution in [1.82, 2.24) is 15.0 Å². The molecule has 22 heavy (non-hydrogen) atoms. The molecular formula is C16H16N4OS. The molecule has 0 unspecified atom stereocenters. The van der Waals surface area contributed by atoms with Crippen molar-refractivity contribution >= 4 is 23.0 Å². The van der Waals surface area contributed by atoms with E-state index in [1.54, 1.807) is 19.3 Å². The summed E-state index contributed by atoms with van der Waals surface area (Å²) >= 11 is 1.44. The molecule has 5 nitrogen and oxygen atoms in total. The fraction of sp³-hybridized carbons (Fsp3) is 0.188. The van der Waals surface area contributed by atoms with Crippen LogP contribution >= 0.6 is 11.3 Å². The van der Waals surface area contributed by atoms with Crippen LogP contribution in [0.3, 0.4) is 0 Å². The van der Waals surface area contributed by atoms with Gasteiger partial charge in [0.2, 0.25) is 0 Å². The molecule has 2 N–H and O–H groups in total. The first-order valence-corrected chi connectivity index (χ1v) is 7.74. The zero-order valence-electron chi connectivity index (χ0n) is 12.3. The first-order chi connectivity index (χ1) is 10.6. The number of pyridine rings is 2. The van der Waals surface area contributed by atoms with Gasteiger partial charge in [-0.1, -0.05) is 6.07 Å². The highest BCUT2D eigenvalue weighted by Gasteiger charge is 2.10. The molecule has 0 aliphatic carbocycles. The van der Waals surface area contributed by atoms with Crippen molar-refractivity contribution in [3.63, 3.8) is 0 Å². The van der Waals surface area contributed by atoms with Crippen LogP contribution in [0.1, 0.15) is 23.6 Å². The van der Waals surface area contributed by atoms with Crippen LogP contribution in [0.2, 0.25) is 0 Å². The van der Waals surface area contributed by atoms with Gasteiger partial charge in [-0.25, -0.2) is 15.0 Å². The van der Waals surface area contributed by atoms with Crippen LogP contribution in [-0.4, -0.2) is 20.1 Å². The number of aliphatic hydroxyl groups is 1. The molecule has 0 fully saturated rings. The van der Waals surface area contributed by atoms with Crippen molar-refractivity contribution in [2.75, 3.05) is 5.32 Å². The predicted octanol–water partition coefficient (Wildman–Crippen LogP) is 3.71. The maximum absolute atomic E-state index is 9.57. The van der Waals surface area contributed by atoms with Gasteiger partial charge in [0.1, 0.15) is 22.7 Å². The van der Waals surface area contributed by atoms with Gasteiger partial charge in [-0.15, -0.1) is 11.3 Å². The topological polar surface area (TPSA) is 70.9 Å². The van der Waals surface area contributed by atoms with Gasteiger partial charge in [-0.05, 0) is 43.7 Å². The zero-order chi connectivity index (χ0) is 15.5. The fourth-order valence-electron chi connectivity index (χ4n) is 1.98. The Labute approximate surface area is 132 Å². The molecule has 3 rings (SSSR count). The van der Waals surface area contributed by atoms with E-state index in [0.717, 1.165) is 27.8 Å². The minimum atomic E-state index is -0.559. The molecule has 3 heterocycles. The molecule has 1 atom stereocenters. The van der Waals surface area contributed by atoms with Crippen molar-refractivity contribution in [1.29, 1.82) is 0 Å². The largest absolute Gasteiger partial charge is 0.386 e. The van der Waals surface area contributed by atoms with Crippen LogP contribution < -0.4 is 5.32 Å². The van der Waals surface area contributed by atoms with Gasteiger partial charge in [0.25, 0.3) is 0 Å². The normalized spacial score (nSPS) is 12.1. The quantitative estimate of drug-likeness (QED) is 0.768. The Bertz CT molecular complexity index is 785. The molecule has 0 saturated heterocycles. The standard InChI is InChI=1S/C16H16N4OS/c1-10-6-7-17-15(8-10)20-14-5-3-4-12(19-14)13-9-18-16(22-13)11(2)21/h3-9,11,21H,1-2H3,(H,17,19,20)/t11-/m0/s1. The summed E-state index contributed by atoms with van der Waals surface area (Å²) in [5, 5.41) is 13.5. The molecule has 0 radical (unpaired) electrons. The second-order valence-electron chi connectivity index (χ2n) is 4.99. The molecule has 3 aromatic rings. The Morgan fingerprint density at radius 1 is 1.18 bits per heavy atom. The summed E-state index contributed by atoms with van der Waals surface area (Å²) in [6.45, 7) is 3.73. The molecule has 0 saturated carbocycles. The van der Waals surface area contributed by atoms with E-state index in [-0.39, 0.29) is 0 Å². The zero-order valence-corrected chi connectivity index (χ0v) is 13.1. The van der Waals surface area contributed by atoms with Crippen molar-refractivity contribution in [2.45, 2.75) is 20.0 Å². The molecule has 0 bridgehead atoms. The lowest BCUT2D eigenvalue weighted by molar-refractivity contribution is 0.199. The lowest BCUT2D eigenvalue weighted by Crippen LogP contribution is -1.96. The summed E-state index contributed by atoms with van der Waals surface area (Å²) in [5.74, 6) is 1.49. The predicted molar refractivity (Wildman–Crippen MR) is 88.2 cm³/mol. The van der Waals surface area contributed by atoms with Gasteiger partial charge in [0.05, 0.1) is 10.6 Å². The SMILES string of the molecule is Cc1ccnc(Nc2cccc(-c3cnc([C@H](C)O)s3)n2)c1. The maximum atomic E-state index is 9.57. The lowest BCUT2D eigenvalue weighted by Gasteiger charge is -2.06. The summed E-state index contributed by atoms with van der Waals surface area (Å²) in [6.07, 6.45) is 2.94. The maximum Gasteiger partial charge on any atom is 0.132 e. The third-order valence-corrected chi connectivity index (χ3v) is 4.24. The lowest BCUT2D eigenvalue weighted by atomic mass is 10.3. The molecule has 6 heteroatoms. The molecule has 0 aromatic carbocycles. The smallest absolute Gasteiger partial charge is 0.132 e. The summed E-state index contributed by atoms with van der Waals surface area (Å²) in [5.41, 5.74) is 1.96. The summed E-state index contributed by atoms with van der Waals surface area (Å²) in [6, 6.07) is 9.66. The Kier molecular flexibility index (Phi) is 4.13. The number of aliphatic hydroxyl groups excluding tert-OH is 1. The number of aromatic nitrogens is 3. The van der Waals surface area contributed by atoms with Crippen LogP contribution in [0, 0.1) is 6.92 Å². The third kappa shape index (κ3) is 3.29. The molecule has 3 aromatic heterocycles. The Balaban J connectivity index is 1.85. The molecule has 0 spiro atoms. The average molecular weight is 312 g/mol. The molecule has 0 amide bonds. The van der Waals surface area contributed by atoms with Crippen molar-refractivity contribution in [2.24, 2.45) is 0 Å². The highest BCUT2D eigenvalue weighted by molar-refractivity contribution is 7.15. The number of nitrogens with one attached hydrogen (secondary N) is 1. The van der Waals surface area contributed by atoms with Gasteiger partial charge in [-0.3, -0.25) is 0 Å². The van der Waals surface area contributed by atoms with Crippen LogP contribution in [0.4, 0.5) is 11.6 Å². The van der Waals surface area contributed by atoms with E-state index in [2.05, 4.69) is 20.3 Å². The number of rotatable bonds is 4. The molecule has 0 aliphatic heterocycles. The van der Waals surface area contributed by atoms with E-state index < -0.39 is 6.10 Å². The highest BCUT2D eigenvalue weighted by atomic mass is 32.1. The second-order valence-corrected chi connectivity index (χ2v) is 6.05. The van der Waals surface area contributed by atoms with Gasteiger partial charge < -0.3 is 10.4 Å². The van der Waals surface area contributed by atoms with Crippen molar-refractivity contribution in [3.8, 4) is 10.6 Å². The van der Waals surface area contributed by atoms with Gasteiger partial charge >= 0.3 is 0 Å². The van der Waals surface area contributed by atoms with Gasteiger partial charge in [-0.2, -0.15) is 0 Å². The summed E-state index contributed by atoms with van der Waals surface area (Å²) < 4.78 is 0. The summed E-state index contributed by atoms with van der Waals surface area (Å²) in [7, 11) is 0. The van der Waals surface area contributed by atoms with Crippen LogP contribution in [0.25, 0.3) is 10.6 Å². The van der Waals surface area contributed by atoms with Crippen LogP contribution in [-0.2, 0) is 0 Å². The Morgan fingerprint density at radius 3 is 2.77 bits per heavy atom. The van der Waals surface area contributed by atoms with Crippen LogP contribution in [0.5, 0.6) is 0 Å². The molecule has 0 aliphatic rings. The number of anilines is 2. The van der Waals surface area contributed by atoms with E-state index >= 15 is 0 Å². The number of nitrogens with zero attached hydrogens (tertiary/aromatic N) is 3. The van der Waals surface area contributed by atoms with Crippen molar-refractivity contribution < 1.29 is 5.11 Å². The first kappa shape index (κ1) is 14.6. The molecular weight excluding hydrogens is 296 g/mol. The minimum Gasteiger partial charge on any atom is -0.386 e. The third-order valence-electron chi connectivity index (χ3n) is 3.05. The van der Waals surface area contributed by atoms with Gasteiger partial charge in [0.15, 0.2) is 0 Å². The Hall–Kier alpha value is -2.31. The van der Waals surface area contributed by atoms with E-state index in [0.29, 0.717) is 5.01 Å². The number of thiazole rings is 1. The van der Waals surface area contributed by atoms with E-state index in [9.17, 15) is 5.11 Å². The van der Waals surface area contributed by atoms with Crippen molar-refractivity contribution in [3.05, 3.63) is 53.3 Å². The van der Waals surface area contributed by atoms with Gasteiger partial charge in [0, 0.05) is 12.4 Å². The number of hydrogen-bond acceptors (Lipinski definition) is 6. The average Bonchev–Trinajstić information content (AvgIpc) is 2.97. The van der Waals surface area contributed by atoms with E-state index in [4.69, 9.17) is 0 Å². The number of aryl methyl sites for hydroxylation is 1. The molecule has 112 valence electrons. The first-order valence-electron chi connectivity index (χ1n) is 6.93. The fourth-order valence-corrected chi connectivity index (χ4v) is 2.80. The van der Waals surface area contributed by atoms with E-state index in [1.165, 1.54) is 11.3 Å². The second kappa shape index (κ2) is 6.21.